The summed E-state index contributed by atoms with van der Waals surface area (Å²) in [5.74, 6) is -1.05. The van der Waals surface area contributed by atoms with Crippen molar-refractivity contribution in [3.63, 3.8) is 0 Å². The number of hydrogen-bond acceptors (Lipinski definition) is 6. The lowest BCUT2D eigenvalue weighted by molar-refractivity contribution is -0.132. The summed E-state index contributed by atoms with van der Waals surface area (Å²) in [6.45, 7) is 0.00929. The molecule has 1 aromatic heterocycles. The maximum Gasteiger partial charge on any atom is 0.252 e. The van der Waals surface area contributed by atoms with E-state index in [1.807, 2.05) is 0 Å². The van der Waals surface area contributed by atoms with E-state index in [1.54, 1.807) is 11.4 Å². The number of carbonyl (C=O) groups excluding carboxylic acids is 1. The van der Waals surface area contributed by atoms with Crippen LogP contribution < -0.4 is 0 Å². The van der Waals surface area contributed by atoms with Gasteiger partial charge in [-0.1, -0.05) is 12.1 Å². The van der Waals surface area contributed by atoms with E-state index in [9.17, 15) is 26.0 Å². The van der Waals surface area contributed by atoms with Gasteiger partial charge in [0.2, 0.25) is 15.9 Å². The Morgan fingerprint density at radius 3 is 2.38 bits per heavy atom. The monoisotopic (exact) mass is 461 g/mol. The van der Waals surface area contributed by atoms with E-state index in [0.717, 1.165) is 27.8 Å². The van der Waals surface area contributed by atoms with Gasteiger partial charge in [-0.15, -0.1) is 11.3 Å². The Hall–Kier alpha value is -1.86. The SMILES string of the molecule is CN(CC(=O)N1CCN(S(=O)(=O)c2cccc(F)c2)CC1)S(=O)(=O)c1cccs1. The molecule has 0 unspecified atom stereocenters. The second kappa shape index (κ2) is 8.48. The van der Waals surface area contributed by atoms with Crippen molar-refractivity contribution in [2.75, 3.05) is 39.8 Å². The highest BCUT2D eigenvalue weighted by molar-refractivity contribution is 7.91. The third kappa shape index (κ3) is 4.67. The number of sulfonamides is 2. The molecule has 0 saturated carbocycles. The first-order valence-corrected chi connectivity index (χ1v) is 12.4. The molecule has 1 fully saturated rings. The summed E-state index contributed by atoms with van der Waals surface area (Å²) in [5, 5.41) is 1.64. The molecule has 1 aliphatic rings. The molecule has 29 heavy (non-hydrogen) atoms. The molecule has 2 heterocycles. The molecule has 0 radical (unpaired) electrons. The van der Waals surface area contributed by atoms with Crippen LogP contribution in [0.5, 0.6) is 0 Å². The minimum atomic E-state index is -3.86. The minimum Gasteiger partial charge on any atom is -0.339 e. The molecule has 12 heteroatoms. The van der Waals surface area contributed by atoms with Gasteiger partial charge >= 0.3 is 0 Å². The van der Waals surface area contributed by atoms with Gasteiger partial charge < -0.3 is 4.90 Å². The van der Waals surface area contributed by atoms with Crippen LogP contribution in [0.4, 0.5) is 4.39 Å². The Morgan fingerprint density at radius 1 is 1.10 bits per heavy atom. The molecule has 1 aromatic carbocycles. The van der Waals surface area contributed by atoms with E-state index in [-0.39, 0.29) is 41.8 Å². The molecule has 0 aliphatic carbocycles. The zero-order chi connectivity index (χ0) is 21.2. The van der Waals surface area contributed by atoms with Gasteiger partial charge in [0.1, 0.15) is 10.0 Å². The van der Waals surface area contributed by atoms with Gasteiger partial charge in [0, 0.05) is 33.2 Å². The van der Waals surface area contributed by atoms with E-state index >= 15 is 0 Å². The van der Waals surface area contributed by atoms with Gasteiger partial charge in [-0.25, -0.2) is 21.2 Å². The topological polar surface area (TPSA) is 95.1 Å². The Kier molecular flexibility index (Phi) is 6.39. The molecular weight excluding hydrogens is 441 g/mol. The van der Waals surface area contributed by atoms with Crippen molar-refractivity contribution >= 4 is 37.3 Å². The Bertz CT molecular complexity index is 1080. The third-order valence-electron chi connectivity index (χ3n) is 4.54. The third-order valence-corrected chi connectivity index (χ3v) is 9.61. The minimum absolute atomic E-state index is 0.0476. The molecule has 158 valence electrons. The Balaban J connectivity index is 1.61. The molecule has 2 aromatic rings. The number of carbonyl (C=O) groups is 1. The molecule has 1 saturated heterocycles. The molecule has 0 N–H and O–H groups in total. The molecule has 0 bridgehead atoms. The van der Waals surface area contributed by atoms with Crippen molar-refractivity contribution in [3.05, 3.63) is 47.6 Å². The summed E-state index contributed by atoms with van der Waals surface area (Å²) in [5.41, 5.74) is 0. The fourth-order valence-corrected chi connectivity index (χ4v) is 6.67. The summed E-state index contributed by atoms with van der Waals surface area (Å²) in [6, 6.07) is 7.85. The fourth-order valence-electron chi connectivity index (χ4n) is 2.89. The fraction of sp³-hybridized carbons (Fsp3) is 0.353. The van der Waals surface area contributed by atoms with Crippen LogP contribution in [0, 0.1) is 5.82 Å². The first kappa shape index (κ1) is 21.8. The molecule has 0 spiro atoms. The van der Waals surface area contributed by atoms with E-state index in [2.05, 4.69) is 0 Å². The zero-order valence-electron chi connectivity index (χ0n) is 15.6. The number of rotatable bonds is 6. The van der Waals surface area contributed by atoms with Crippen LogP contribution in [0.25, 0.3) is 0 Å². The van der Waals surface area contributed by atoms with Crippen LogP contribution in [0.3, 0.4) is 0 Å². The first-order valence-electron chi connectivity index (χ1n) is 8.66. The molecule has 3 rings (SSSR count). The highest BCUT2D eigenvalue weighted by Gasteiger charge is 2.32. The average Bonchev–Trinajstić information content (AvgIpc) is 3.23. The standard InChI is InChI=1S/C17H20FN3O5S3/c1-19(29(25,26)17-6-3-11-27-17)13-16(22)20-7-9-21(10-8-20)28(23,24)15-5-2-4-14(18)12-15/h2-6,11-12H,7-10,13H2,1H3. The van der Waals surface area contributed by atoms with Crippen LogP contribution in [0.15, 0.2) is 50.9 Å². The van der Waals surface area contributed by atoms with Gasteiger partial charge in [-0.3, -0.25) is 4.79 Å². The maximum atomic E-state index is 13.4. The van der Waals surface area contributed by atoms with Crippen molar-refractivity contribution in [2.45, 2.75) is 9.10 Å². The van der Waals surface area contributed by atoms with E-state index in [1.165, 1.54) is 34.5 Å². The van der Waals surface area contributed by atoms with Gasteiger partial charge in [0.05, 0.1) is 11.4 Å². The van der Waals surface area contributed by atoms with Crippen LogP contribution in [-0.4, -0.2) is 76.0 Å². The second-order valence-corrected chi connectivity index (χ2v) is 11.6. The molecule has 8 nitrogen and oxygen atoms in total. The number of piperazine rings is 1. The summed E-state index contributed by atoms with van der Waals surface area (Å²) >= 11 is 1.07. The van der Waals surface area contributed by atoms with Gasteiger partial charge in [-0.05, 0) is 29.6 Å². The largest absolute Gasteiger partial charge is 0.339 e. The molecule has 0 atom stereocenters. The zero-order valence-corrected chi connectivity index (χ0v) is 18.0. The van der Waals surface area contributed by atoms with E-state index in [4.69, 9.17) is 0 Å². The quantitative estimate of drug-likeness (QED) is 0.641. The molecule has 1 aliphatic heterocycles. The van der Waals surface area contributed by atoms with Crippen molar-refractivity contribution < 1.29 is 26.0 Å². The summed E-state index contributed by atoms with van der Waals surface area (Å²) in [6.07, 6.45) is 0. The van der Waals surface area contributed by atoms with Crippen molar-refractivity contribution in [1.29, 1.82) is 0 Å². The highest BCUT2D eigenvalue weighted by Crippen LogP contribution is 2.21. The lowest BCUT2D eigenvalue weighted by Gasteiger charge is -2.34. The number of thiophene rings is 1. The Morgan fingerprint density at radius 2 is 1.79 bits per heavy atom. The van der Waals surface area contributed by atoms with Crippen molar-refractivity contribution in [3.8, 4) is 0 Å². The second-order valence-electron chi connectivity index (χ2n) is 6.44. The summed E-state index contributed by atoms with van der Waals surface area (Å²) in [7, 11) is -6.27. The van der Waals surface area contributed by atoms with E-state index in [0.29, 0.717) is 0 Å². The van der Waals surface area contributed by atoms with Crippen molar-refractivity contribution in [1.82, 2.24) is 13.5 Å². The summed E-state index contributed by atoms with van der Waals surface area (Å²) in [4.78, 5) is 13.8. The van der Waals surface area contributed by atoms with Crippen LogP contribution in [0.1, 0.15) is 0 Å². The number of hydrogen-bond donors (Lipinski definition) is 0. The lowest BCUT2D eigenvalue weighted by atomic mass is 10.3. The molecular formula is C17H20FN3O5S3. The highest BCUT2D eigenvalue weighted by atomic mass is 32.2. The van der Waals surface area contributed by atoms with Gasteiger partial charge in [-0.2, -0.15) is 8.61 Å². The molecule has 1 amide bonds. The Labute approximate surface area is 173 Å². The number of halogens is 1. The van der Waals surface area contributed by atoms with E-state index < -0.39 is 31.8 Å². The number of nitrogens with zero attached hydrogens (tertiary/aromatic N) is 3. The number of benzene rings is 1. The van der Waals surface area contributed by atoms with Crippen LogP contribution >= 0.6 is 11.3 Å². The van der Waals surface area contributed by atoms with Gasteiger partial charge in [0.15, 0.2) is 0 Å². The van der Waals surface area contributed by atoms with Crippen LogP contribution in [-0.2, 0) is 24.8 Å². The number of likely N-dealkylation sites (N-methyl/N-ethyl adjacent to an activating group) is 1. The first-order chi connectivity index (χ1) is 13.6. The number of amides is 1. The predicted octanol–water partition coefficient (Wildman–Crippen LogP) is 1.04. The van der Waals surface area contributed by atoms with Crippen LogP contribution in [0.2, 0.25) is 0 Å². The van der Waals surface area contributed by atoms with Crippen molar-refractivity contribution in [2.24, 2.45) is 0 Å². The smallest absolute Gasteiger partial charge is 0.252 e. The van der Waals surface area contributed by atoms with Gasteiger partial charge in [0.25, 0.3) is 10.0 Å². The lowest BCUT2D eigenvalue weighted by Crippen LogP contribution is -2.52. The summed E-state index contributed by atoms with van der Waals surface area (Å²) < 4.78 is 65.8. The predicted molar refractivity (Wildman–Crippen MR) is 106 cm³/mol. The normalized spacial score (nSPS) is 16.3. The average molecular weight is 462 g/mol. The maximum absolute atomic E-state index is 13.4.